The van der Waals surface area contributed by atoms with Gasteiger partial charge in [-0.25, -0.2) is 9.07 Å². The van der Waals surface area contributed by atoms with Crippen LogP contribution < -0.4 is 20.1 Å². The summed E-state index contributed by atoms with van der Waals surface area (Å²) in [6.45, 7) is 0.0477. The second-order valence-corrected chi connectivity index (χ2v) is 7.90. The van der Waals surface area contributed by atoms with Gasteiger partial charge in [0.1, 0.15) is 16.7 Å². The van der Waals surface area contributed by atoms with Crippen LogP contribution in [0.15, 0.2) is 42.5 Å². The van der Waals surface area contributed by atoms with E-state index in [0.717, 1.165) is 12.1 Å². The summed E-state index contributed by atoms with van der Waals surface area (Å²) in [6, 6.07) is 6.93. The number of hydrogen-bond donors (Lipinski definition) is 2. The van der Waals surface area contributed by atoms with E-state index in [-0.39, 0.29) is 23.3 Å². The second-order valence-electron chi connectivity index (χ2n) is 7.52. The van der Waals surface area contributed by atoms with Crippen LogP contribution >= 0.6 is 11.6 Å². The van der Waals surface area contributed by atoms with E-state index in [4.69, 9.17) is 21.1 Å². The molecule has 2 aliphatic heterocycles. The summed E-state index contributed by atoms with van der Waals surface area (Å²) in [5.41, 5.74) is 0.405. The summed E-state index contributed by atoms with van der Waals surface area (Å²) < 4.78 is 66.0. The minimum Gasteiger partial charge on any atom is -0.454 e. The first-order valence-electron chi connectivity index (χ1n) is 9.78. The highest BCUT2D eigenvalue weighted by Crippen LogP contribution is 2.46. The van der Waals surface area contributed by atoms with Gasteiger partial charge in [-0.3, -0.25) is 4.79 Å². The van der Waals surface area contributed by atoms with Crippen molar-refractivity contribution >= 4 is 29.0 Å². The molecule has 0 aliphatic carbocycles. The SMILES string of the molecule is O=C(Nc1ccc2c(c1)OCO2)c1nn2c(c1Cl)N[C@H](c1ccc(F)cc1)C[C@@H]2C(F)(F)F. The molecule has 2 N–H and O–H groups in total. The monoisotopic (exact) mass is 482 g/mol. The normalized spacial score (nSPS) is 19.1. The van der Waals surface area contributed by atoms with Crippen molar-refractivity contribution in [3.63, 3.8) is 0 Å². The Kier molecular flexibility index (Phi) is 5.08. The number of carbonyl (C=O) groups is 1. The lowest BCUT2D eigenvalue weighted by Crippen LogP contribution is -2.35. The Morgan fingerprint density at radius 3 is 2.61 bits per heavy atom. The first-order valence-corrected chi connectivity index (χ1v) is 10.2. The predicted octanol–water partition coefficient (Wildman–Crippen LogP) is 5.32. The second kappa shape index (κ2) is 7.84. The number of carbonyl (C=O) groups excluding carboxylic acids is 1. The van der Waals surface area contributed by atoms with Crippen LogP contribution in [0.2, 0.25) is 5.02 Å². The Balaban J connectivity index is 1.47. The Morgan fingerprint density at radius 2 is 1.88 bits per heavy atom. The predicted molar refractivity (Wildman–Crippen MR) is 110 cm³/mol. The number of nitrogens with one attached hydrogen (secondary N) is 2. The lowest BCUT2D eigenvalue weighted by atomic mass is 9.97. The van der Waals surface area contributed by atoms with Gasteiger partial charge in [-0.05, 0) is 29.8 Å². The highest BCUT2D eigenvalue weighted by Gasteiger charge is 2.47. The maximum Gasteiger partial charge on any atom is 0.410 e. The standard InChI is InChI=1S/C21H15ClF4N4O3/c22-17-18(20(31)27-12-5-6-14-15(7-12)33-9-32-14)29-30-16(21(24,25)26)8-13(28-19(17)30)10-1-3-11(23)4-2-10/h1-7,13,16,28H,8-9H2,(H,27,31)/t13-,16+/m0/s1. The molecule has 7 nitrogen and oxygen atoms in total. The van der Waals surface area contributed by atoms with Crippen LogP contribution in [0.1, 0.15) is 34.6 Å². The average Bonchev–Trinajstić information content (AvgIpc) is 3.37. The molecule has 0 saturated heterocycles. The van der Waals surface area contributed by atoms with Crippen molar-refractivity contribution in [1.82, 2.24) is 9.78 Å². The van der Waals surface area contributed by atoms with E-state index < -0.39 is 36.4 Å². The average molecular weight is 483 g/mol. The molecular weight excluding hydrogens is 468 g/mol. The highest BCUT2D eigenvalue weighted by molar-refractivity contribution is 6.36. The maximum atomic E-state index is 13.9. The van der Waals surface area contributed by atoms with Crippen LogP contribution in [0, 0.1) is 5.82 Å². The number of amides is 1. The van der Waals surface area contributed by atoms with Crippen molar-refractivity contribution in [2.45, 2.75) is 24.7 Å². The fraction of sp³-hybridized carbons (Fsp3) is 0.238. The summed E-state index contributed by atoms with van der Waals surface area (Å²) in [4.78, 5) is 12.8. The molecule has 2 atom stereocenters. The Labute approximate surface area is 189 Å². The van der Waals surface area contributed by atoms with Gasteiger partial charge < -0.3 is 20.1 Å². The largest absolute Gasteiger partial charge is 0.454 e. The molecule has 1 amide bonds. The zero-order valence-corrected chi connectivity index (χ0v) is 17.4. The number of nitrogens with zero attached hydrogens (tertiary/aromatic N) is 2. The molecule has 33 heavy (non-hydrogen) atoms. The van der Waals surface area contributed by atoms with Gasteiger partial charge in [0, 0.05) is 18.2 Å². The van der Waals surface area contributed by atoms with Crippen LogP contribution in [0.25, 0.3) is 0 Å². The molecule has 3 aromatic rings. The summed E-state index contributed by atoms with van der Waals surface area (Å²) in [5, 5.41) is 9.09. The summed E-state index contributed by atoms with van der Waals surface area (Å²) in [6.07, 6.45) is -5.07. The molecule has 3 heterocycles. The van der Waals surface area contributed by atoms with E-state index in [0.29, 0.717) is 27.4 Å². The van der Waals surface area contributed by atoms with Crippen molar-refractivity contribution in [1.29, 1.82) is 0 Å². The molecule has 5 rings (SSSR count). The van der Waals surface area contributed by atoms with Crippen molar-refractivity contribution in [3.05, 3.63) is 64.6 Å². The summed E-state index contributed by atoms with van der Waals surface area (Å²) >= 11 is 6.31. The van der Waals surface area contributed by atoms with E-state index in [1.165, 1.54) is 18.2 Å². The first kappa shape index (κ1) is 21.4. The Bertz CT molecular complexity index is 1230. The molecule has 172 valence electrons. The van der Waals surface area contributed by atoms with Crippen molar-refractivity contribution < 1.29 is 31.8 Å². The molecule has 2 aliphatic rings. The third kappa shape index (κ3) is 3.92. The lowest BCUT2D eigenvalue weighted by Gasteiger charge is -2.33. The Hall–Kier alpha value is -3.47. The van der Waals surface area contributed by atoms with Crippen molar-refractivity contribution in [2.24, 2.45) is 0 Å². The number of alkyl halides is 3. The third-order valence-electron chi connectivity index (χ3n) is 5.41. The number of halogens is 5. The highest BCUT2D eigenvalue weighted by atomic mass is 35.5. The molecule has 0 spiro atoms. The zero-order chi connectivity index (χ0) is 23.3. The van der Waals surface area contributed by atoms with E-state index in [2.05, 4.69) is 15.7 Å². The van der Waals surface area contributed by atoms with Crippen LogP contribution in [-0.4, -0.2) is 28.7 Å². The van der Waals surface area contributed by atoms with Gasteiger partial charge in [0.2, 0.25) is 6.79 Å². The minimum atomic E-state index is -4.66. The number of rotatable bonds is 3. The fourth-order valence-electron chi connectivity index (χ4n) is 3.81. The number of hydrogen-bond acceptors (Lipinski definition) is 5. The van der Waals surface area contributed by atoms with Gasteiger partial charge >= 0.3 is 6.18 Å². The summed E-state index contributed by atoms with van der Waals surface area (Å²) in [5.74, 6) is -0.513. The van der Waals surface area contributed by atoms with Gasteiger partial charge in [0.05, 0.1) is 6.04 Å². The topological polar surface area (TPSA) is 77.4 Å². The molecule has 0 saturated carbocycles. The van der Waals surface area contributed by atoms with E-state index in [1.54, 1.807) is 12.1 Å². The van der Waals surface area contributed by atoms with Crippen LogP contribution in [-0.2, 0) is 0 Å². The van der Waals surface area contributed by atoms with Gasteiger partial charge in [0.25, 0.3) is 5.91 Å². The van der Waals surface area contributed by atoms with Crippen LogP contribution in [0.3, 0.4) is 0 Å². The molecule has 12 heteroatoms. The van der Waals surface area contributed by atoms with Crippen LogP contribution in [0.4, 0.5) is 29.1 Å². The first-order chi connectivity index (χ1) is 15.7. The maximum absolute atomic E-state index is 13.9. The van der Waals surface area contributed by atoms with Crippen molar-refractivity contribution in [2.75, 3.05) is 17.4 Å². The Morgan fingerprint density at radius 1 is 1.15 bits per heavy atom. The number of ether oxygens (including phenoxy) is 2. The summed E-state index contributed by atoms with van der Waals surface area (Å²) in [7, 11) is 0. The van der Waals surface area contributed by atoms with Crippen LogP contribution in [0.5, 0.6) is 11.5 Å². The number of aromatic nitrogens is 2. The van der Waals surface area contributed by atoms with Crippen molar-refractivity contribution in [3.8, 4) is 11.5 Å². The smallest absolute Gasteiger partial charge is 0.410 e. The number of benzene rings is 2. The molecule has 0 radical (unpaired) electrons. The van der Waals surface area contributed by atoms with E-state index >= 15 is 0 Å². The molecule has 0 bridgehead atoms. The quantitative estimate of drug-likeness (QED) is 0.494. The molecule has 0 fully saturated rings. The molecule has 0 unspecified atom stereocenters. The lowest BCUT2D eigenvalue weighted by molar-refractivity contribution is -0.173. The number of fused-ring (bicyclic) bond motifs is 2. The van der Waals surface area contributed by atoms with E-state index in [1.807, 2.05) is 0 Å². The fourth-order valence-corrected chi connectivity index (χ4v) is 4.08. The van der Waals surface area contributed by atoms with Gasteiger partial charge in [-0.2, -0.15) is 18.3 Å². The van der Waals surface area contributed by atoms with Gasteiger partial charge in [-0.1, -0.05) is 23.7 Å². The third-order valence-corrected chi connectivity index (χ3v) is 5.77. The van der Waals surface area contributed by atoms with E-state index in [9.17, 15) is 22.4 Å². The molecular formula is C21H15ClF4N4O3. The number of anilines is 2. The minimum absolute atomic E-state index is 0.0477. The van der Waals surface area contributed by atoms with Gasteiger partial charge in [0.15, 0.2) is 23.2 Å². The molecule has 2 aromatic carbocycles. The zero-order valence-electron chi connectivity index (χ0n) is 16.6. The van der Waals surface area contributed by atoms with Gasteiger partial charge in [-0.15, -0.1) is 0 Å². The molecule has 1 aromatic heterocycles.